The quantitative estimate of drug-likeness (QED) is 0.703. The van der Waals surface area contributed by atoms with Crippen molar-refractivity contribution in [3.8, 4) is 0 Å². The molecular formula is C13H17FN4O2. The zero-order valence-corrected chi connectivity index (χ0v) is 11.0. The molecule has 108 valence electrons. The van der Waals surface area contributed by atoms with Crippen molar-refractivity contribution >= 4 is 23.3 Å². The Hall–Kier alpha value is -2.15. The number of nitrogens with zero attached hydrogens (tertiary/aromatic N) is 1. The first-order valence-corrected chi connectivity index (χ1v) is 6.46. The maximum Gasteiger partial charge on any atom is 0.328 e. The molecule has 0 aliphatic carbocycles. The number of hydrogen-bond donors (Lipinski definition) is 3. The normalized spacial score (nSPS) is 15.2. The van der Waals surface area contributed by atoms with E-state index in [-0.39, 0.29) is 24.6 Å². The van der Waals surface area contributed by atoms with Gasteiger partial charge in [-0.05, 0) is 31.2 Å². The summed E-state index contributed by atoms with van der Waals surface area (Å²) in [4.78, 5) is 23.9. The van der Waals surface area contributed by atoms with Gasteiger partial charge in [-0.2, -0.15) is 0 Å². The minimum Gasteiger partial charge on any atom is -0.385 e. The highest BCUT2D eigenvalue weighted by atomic mass is 19.1. The zero-order valence-electron chi connectivity index (χ0n) is 11.0. The standard InChI is InChI=1S/C13H17FN4O2/c14-10-8-9(16-6-1-5-15)2-3-11(10)18-7-4-12(19)17-13(18)20/h2-3,8,16H,1,4-7,15H2,(H,17,19,20). The molecule has 0 aromatic heterocycles. The van der Waals surface area contributed by atoms with Gasteiger partial charge in [-0.1, -0.05) is 0 Å². The summed E-state index contributed by atoms with van der Waals surface area (Å²) in [7, 11) is 0. The summed E-state index contributed by atoms with van der Waals surface area (Å²) in [6.07, 6.45) is 0.960. The first-order valence-electron chi connectivity index (χ1n) is 6.46. The smallest absolute Gasteiger partial charge is 0.328 e. The van der Waals surface area contributed by atoms with Gasteiger partial charge in [-0.25, -0.2) is 9.18 Å². The summed E-state index contributed by atoms with van der Waals surface area (Å²) in [5.74, 6) is -0.848. The first kappa shape index (κ1) is 14.3. The van der Waals surface area contributed by atoms with Gasteiger partial charge in [0.25, 0.3) is 0 Å². The lowest BCUT2D eigenvalue weighted by atomic mass is 10.2. The monoisotopic (exact) mass is 280 g/mol. The first-order chi connectivity index (χ1) is 9.61. The molecule has 0 bridgehead atoms. The number of nitrogens with two attached hydrogens (primary N) is 1. The van der Waals surface area contributed by atoms with Crippen molar-refractivity contribution in [3.05, 3.63) is 24.0 Å². The van der Waals surface area contributed by atoms with Crippen molar-refractivity contribution in [1.82, 2.24) is 5.32 Å². The Kier molecular flexibility index (Phi) is 4.52. The lowest BCUT2D eigenvalue weighted by Gasteiger charge is -2.27. The third-order valence-corrected chi connectivity index (χ3v) is 3.00. The number of anilines is 2. The fraction of sp³-hybridized carbons (Fsp3) is 0.385. The third-order valence-electron chi connectivity index (χ3n) is 3.00. The number of nitrogens with one attached hydrogen (secondary N) is 2. The second-order valence-electron chi connectivity index (χ2n) is 4.49. The van der Waals surface area contributed by atoms with E-state index in [2.05, 4.69) is 10.6 Å². The number of amides is 3. The molecule has 0 radical (unpaired) electrons. The van der Waals surface area contributed by atoms with Crippen molar-refractivity contribution in [2.45, 2.75) is 12.8 Å². The minimum atomic E-state index is -0.594. The van der Waals surface area contributed by atoms with Gasteiger partial charge < -0.3 is 11.1 Å². The minimum absolute atomic E-state index is 0.166. The van der Waals surface area contributed by atoms with Crippen molar-refractivity contribution in [2.75, 3.05) is 29.9 Å². The maximum absolute atomic E-state index is 14.0. The highest BCUT2D eigenvalue weighted by molar-refractivity contribution is 6.05. The van der Waals surface area contributed by atoms with E-state index in [9.17, 15) is 14.0 Å². The van der Waals surface area contributed by atoms with Crippen LogP contribution in [-0.4, -0.2) is 31.6 Å². The van der Waals surface area contributed by atoms with Crippen LogP contribution in [0.25, 0.3) is 0 Å². The van der Waals surface area contributed by atoms with Crippen LogP contribution in [0.15, 0.2) is 18.2 Å². The SMILES string of the molecule is NCCCNc1ccc(N2CCC(=O)NC2=O)c(F)c1. The lowest BCUT2D eigenvalue weighted by Crippen LogP contribution is -2.49. The number of urea groups is 1. The number of carbonyl (C=O) groups is 2. The van der Waals surface area contributed by atoms with Crippen molar-refractivity contribution < 1.29 is 14.0 Å². The highest BCUT2D eigenvalue weighted by Gasteiger charge is 2.26. The van der Waals surface area contributed by atoms with E-state index in [0.29, 0.717) is 18.8 Å². The van der Waals surface area contributed by atoms with Gasteiger partial charge in [-0.3, -0.25) is 15.0 Å². The van der Waals surface area contributed by atoms with Crippen LogP contribution in [0, 0.1) is 5.82 Å². The maximum atomic E-state index is 14.0. The summed E-state index contributed by atoms with van der Waals surface area (Å²) in [5, 5.41) is 5.21. The molecule has 7 heteroatoms. The number of rotatable bonds is 5. The lowest BCUT2D eigenvalue weighted by molar-refractivity contribution is -0.120. The van der Waals surface area contributed by atoms with Crippen LogP contribution in [0.1, 0.15) is 12.8 Å². The topological polar surface area (TPSA) is 87.5 Å². The van der Waals surface area contributed by atoms with E-state index in [1.165, 1.54) is 17.0 Å². The van der Waals surface area contributed by atoms with Gasteiger partial charge in [0, 0.05) is 25.2 Å². The summed E-state index contributed by atoms with van der Waals surface area (Å²) in [6.45, 7) is 1.41. The van der Waals surface area contributed by atoms with E-state index in [4.69, 9.17) is 5.73 Å². The second-order valence-corrected chi connectivity index (χ2v) is 4.49. The van der Waals surface area contributed by atoms with Crippen molar-refractivity contribution in [3.63, 3.8) is 0 Å². The fourth-order valence-corrected chi connectivity index (χ4v) is 1.96. The molecule has 0 spiro atoms. The van der Waals surface area contributed by atoms with E-state index in [0.717, 1.165) is 6.42 Å². The number of benzene rings is 1. The number of hydrogen-bond acceptors (Lipinski definition) is 4. The fourth-order valence-electron chi connectivity index (χ4n) is 1.96. The van der Waals surface area contributed by atoms with Gasteiger partial charge >= 0.3 is 6.03 Å². The van der Waals surface area contributed by atoms with Crippen LogP contribution >= 0.6 is 0 Å². The van der Waals surface area contributed by atoms with Crippen molar-refractivity contribution in [1.29, 1.82) is 0 Å². The van der Waals surface area contributed by atoms with Gasteiger partial charge in [0.2, 0.25) is 5.91 Å². The molecule has 4 N–H and O–H groups in total. The van der Waals surface area contributed by atoms with Crippen LogP contribution in [0.4, 0.5) is 20.6 Å². The Balaban J connectivity index is 2.09. The molecule has 6 nitrogen and oxygen atoms in total. The molecule has 0 unspecified atom stereocenters. The van der Waals surface area contributed by atoms with Crippen LogP contribution in [0.5, 0.6) is 0 Å². The Morgan fingerprint density at radius 1 is 1.40 bits per heavy atom. The van der Waals surface area contributed by atoms with Crippen LogP contribution in [0.2, 0.25) is 0 Å². The Labute approximate surface area is 116 Å². The van der Waals surface area contributed by atoms with Crippen LogP contribution in [-0.2, 0) is 4.79 Å². The molecule has 0 saturated carbocycles. The van der Waals surface area contributed by atoms with Crippen LogP contribution < -0.4 is 21.3 Å². The van der Waals surface area contributed by atoms with Crippen LogP contribution in [0.3, 0.4) is 0 Å². The Bertz CT molecular complexity index is 521. The van der Waals surface area contributed by atoms with E-state index < -0.39 is 11.8 Å². The van der Waals surface area contributed by atoms with E-state index in [1.807, 2.05) is 0 Å². The van der Waals surface area contributed by atoms with E-state index >= 15 is 0 Å². The molecular weight excluding hydrogens is 263 g/mol. The number of imide groups is 1. The summed E-state index contributed by atoms with van der Waals surface area (Å²) in [6, 6.07) is 3.95. The molecule has 1 aliphatic rings. The summed E-state index contributed by atoms with van der Waals surface area (Å²) >= 11 is 0. The molecule has 1 aromatic carbocycles. The average molecular weight is 280 g/mol. The van der Waals surface area contributed by atoms with Crippen molar-refractivity contribution in [2.24, 2.45) is 5.73 Å². The molecule has 1 fully saturated rings. The molecule has 2 rings (SSSR count). The average Bonchev–Trinajstić information content (AvgIpc) is 2.40. The highest BCUT2D eigenvalue weighted by Crippen LogP contribution is 2.24. The zero-order chi connectivity index (χ0) is 14.5. The third kappa shape index (κ3) is 3.24. The molecule has 3 amide bonds. The molecule has 1 saturated heterocycles. The predicted octanol–water partition coefficient (Wildman–Crippen LogP) is 1.03. The summed E-state index contributed by atoms with van der Waals surface area (Å²) in [5.41, 5.74) is 6.18. The molecule has 1 heterocycles. The Morgan fingerprint density at radius 2 is 2.20 bits per heavy atom. The number of halogens is 1. The number of carbonyl (C=O) groups excluding carboxylic acids is 2. The van der Waals surface area contributed by atoms with E-state index in [1.54, 1.807) is 6.07 Å². The second kappa shape index (κ2) is 6.33. The Morgan fingerprint density at radius 3 is 2.85 bits per heavy atom. The predicted molar refractivity (Wildman–Crippen MR) is 74.1 cm³/mol. The van der Waals surface area contributed by atoms with Gasteiger partial charge in [-0.15, -0.1) is 0 Å². The van der Waals surface area contributed by atoms with Gasteiger partial charge in [0.15, 0.2) is 0 Å². The summed E-state index contributed by atoms with van der Waals surface area (Å²) < 4.78 is 14.0. The van der Waals surface area contributed by atoms with Gasteiger partial charge in [0.1, 0.15) is 5.82 Å². The van der Waals surface area contributed by atoms with Gasteiger partial charge in [0.05, 0.1) is 5.69 Å². The molecule has 20 heavy (non-hydrogen) atoms. The molecule has 1 aliphatic heterocycles. The molecule has 1 aromatic rings. The largest absolute Gasteiger partial charge is 0.385 e. The molecule has 0 atom stereocenters.